The Morgan fingerprint density at radius 1 is 1.32 bits per heavy atom. The Bertz CT molecular complexity index is 765. The Hall–Kier alpha value is -2.00. The molecule has 0 heterocycles. The lowest BCUT2D eigenvalue weighted by Crippen LogP contribution is -2.18. The van der Waals surface area contributed by atoms with Crippen LogP contribution < -0.4 is 5.43 Å². The van der Waals surface area contributed by atoms with Crippen molar-refractivity contribution >= 4 is 52.0 Å². The van der Waals surface area contributed by atoms with Crippen LogP contribution in [0.15, 0.2) is 47.6 Å². The number of non-ortho nitro benzene ring substituents is 1. The Morgan fingerprint density at radius 3 is 2.73 bits per heavy atom. The van der Waals surface area contributed by atoms with Gasteiger partial charge in [0.1, 0.15) is 0 Å². The van der Waals surface area contributed by atoms with Crippen molar-refractivity contribution < 1.29 is 9.72 Å². The first-order valence-electron chi connectivity index (χ1n) is 6.01. The number of benzene rings is 2. The van der Waals surface area contributed by atoms with Crippen LogP contribution in [0.1, 0.15) is 15.9 Å². The van der Waals surface area contributed by atoms with Gasteiger partial charge in [0.25, 0.3) is 11.6 Å². The van der Waals surface area contributed by atoms with Crippen molar-refractivity contribution in [1.82, 2.24) is 5.43 Å². The zero-order chi connectivity index (χ0) is 16.1. The third-order valence-electron chi connectivity index (χ3n) is 2.68. The summed E-state index contributed by atoms with van der Waals surface area (Å²) in [4.78, 5) is 22.1. The number of nitro benzene ring substituents is 1. The molecule has 22 heavy (non-hydrogen) atoms. The molecule has 0 saturated carbocycles. The van der Waals surface area contributed by atoms with Crippen molar-refractivity contribution in [3.8, 4) is 0 Å². The van der Waals surface area contributed by atoms with Crippen LogP contribution in [-0.4, -0.2) is 17.0 Å². The molecule has 0 spiro atoms. The fourth-order valence-electron chi connectivity index (χ4n) is 1.61. The van der Waals surface area contributed by atoms with Crippen molar-refractivity contribution in [2.75, 3.05) is 0 Å². The molecule has 0 radical (unpaired) electrons. The summed E-state index contributed by atoms with van der Waals surface area (Å²) in [6, 6.07) is 11.0. The molecule has 0 aromatic heterocycles. The lowest BCUT2D eigenvalue weighted by Gasteiger charge is -2.02. The Kier molecular flexibility index (Phi) is 5.45. The Morgan fingerprint density at radius 2 is 2.05 bits per heavy atom. The molecule has 0 aliphatic carbocycles. The van der Waals surface area contributed by atoms with Crippen LogP contribution in [0.2, 0.25) is 5.02 Å². The number of halogens is 2. The van der Waals surface area contributed by atoms with Gasteiger partial charge in [0.15, 0.2) is 0 Å². The van der Waals surface area contributed by atoms with E-state index >= 15 is 0 Å². The highest BCUT2D eigenvalue weighted by molar-refractivity contribution is 14.1. The summed E-state index contributed by atoms with van der Waals surface area (Å²) in [6.07, 6.45) is 1.27. The second-order valence-corrected chi connectivity index (χ2v) is 5.71. The summed E-state index contributed by atoms with van der Waals surface area (Å²) in [5, 5.41) is 14.8. The molecule has 1 amide bonds. The van der Waals surface area contributed by atoms with Crippen molar-refractivity contribution in [2.24, 2.45) is 5.10 Å². The van der Waals surface area contributed by atoms with Crippen molar-refractivity contribution in [3.63, 3.8) is 0 Å². The molecule has 0 fully saturated rings. The normalized spacial score (nSPS) is 10.6. The van der Waals surface area contributed by atoms with E-state index < -0.39 is 4.92 Å². The molecule has 112 valence electrons. The summed E-state index contributed by atoms with van der Waals surface area (Å²) in [7, 11) is 0. The summed E-state index contributed by atoms with van der Waals surface area (Å²) in [5.41, 5.74) is 3.10. The van der Waals surface area contributed by atoms with Crippen LogP contribution in [0.4, 0.5) is 5.69 Å². The monoisotopic (exact) mass is 429 g/mol. The maximum Gasteiger partial charge on any atom is 0.272 e. The van der Waals surface area contributed by atoms with Crippen LogP contribution in [0.5, 0.6) is 0 Å². The Balaban J connectivity index is 2.13. The number of hydrogen-bond donors (Lipinski definition) is 1. The van der Waals surface area contributed by atoms with Crippen molar-refractivity contribution in [1.29, 1.82) is 0 Å². The lowest BCUT2D eigenvalue weighted by atomic mass is 10.2. The molecular weight excluding hydrogens is 421 g/mol. The van der Waals surface area contributed by atoms with E-state index in [1.54, 1.807) is 18.2 Å². The van der Waals surface area contributed by atoms with E-state index in [4.69, 9.17) is 11.6 Å². The second kappa shape index (κ2) is 7.32. The van der Waals surface area contributed by atoms with Crippen molar-refractivity contribution in [2.45, 2.75) is 0 Å². The number of rotatable bonds is 4. The van der Waals surface area contributed by atoms with Gasteiger partial charge in [0.05, 0.1) is 16.7 Å². The number of carbonyl (C=O) groups is 1. The van der Waals surface area contributed by atoms with Gasteiger partial charge < -0.3 is 0 Å². The molecule has 2 aromatic rings. The Labute approximate surface area is 144 Å². The SMILES string of the molecule is O=C(NN=Cc1cc([N+](=O)[O-])ccc1Cl)c1ccccc1I. The third kappa shape index (κ3) is 4.01. The van der Waals surface area contributed by atoms with Gasteiger partial charge in [-0.3, -0.25) is 14.9 Å². The molecule has 0 saturated heterocycles. The van der Waals surface area contributed by atoms with Crippen LogP contribution in [-0.2, 0) is 0 Å². The second-order valence-electron chi connectivity index (χ2n) is 4.14. The molecule has 0 atom stereocenters. The van der Waals surface area contributed by atoms with Crippen LogP contribution in [0, 0.1) is 13.7 Å². The van der Waals surface area contributed by atoms with Gasteiger partial charge in [0, 0.05) is 26.3 Å². The minimum Gasteiger partial charge on any atom is -0.267 e. The van der Waals surface area contributed by atoms with Gasteiger partial charge in [-0.15, -0.1) is 0 Å². The maximum absolute atomic E-state index is 11.9. The highest BCUT2D eigenvalue weighted by atomic mass is 127. The van der Waals surface area contributed by atoms with Gasteiger partial charge in [-0.25, -0.2) is 5.43 Å². The summed E-state index contributed by atoms with van der Waals surface area (Å²) >= 11 is 7.98. The first-order valence-corrected chi connectivity index (χ1v) is 7.46. The summed E-state index contributed by atoms with van der Waals surface area (Å²) in [5.74, 6) is -0.372. The predicted molar refractivity (Wildman–Crippen MR) is 92.3 cm³/mol. The molecule has 8 heteroatoms. The molecule has 6 nitrogen and oxygen atoms in total. The molecule has 0 aliphatic heterocycles. The topological polar surface area (TPSA) is 84.6 Å². The van der Waals surface area contributed by atoms with Crippen LogP contribution >= 0.6 is 34.2 Å². The number of hydrogen-bond acceptors (Lipinski definition) is 4. The molecule has 2 aromatic carbocycles. The van der Waals surface area contributed by atoms with E-state index in [2.05, 4.69) is 10.5 Å². The van der Waals surface area contributed by atoms with Gasteiger partial charge in [-0.1, -0.05) is 23.7 Å². The highest BCUT2D eigenvalue weighted by Crippen LogP contribution is 2.20. The van der Waals surface area contributed by atoms with E-state index in [1.807, 2.05) is 28.7 Å². The zero-order valence-electron chi connectivity index (χ0n) is 11.0. The van der Waals surface area contributed by atoms with Crippen molar-refractivity contribution in [3.05, 3.63) is 72.3 Å². The average molecular weight is 430 g/mol. The minimum atomic E-state index is -0.529. The van der Waals surface area contributed by atoms with E-state index in [1.165, 1.54) is 24.4 Å². The molecule has 0 aliphatic rings. The summed E-state index contributed by atoms with van der Waals surface area (Å²) < 4.78 is 0.793. The highest BCUT2D eigenvalue weighted by Gasteiger charge is 2.09. The standard InChI is InChI=1S/C14H9ClIN3O3/c15-12-6-5-10(19(21)22)7-9(12)8-17-18-14(20)11-3-1-2-4-13(11)16/h1-8H,(H,18,20). The predicted octanol–water partition coefficient (Wildman–Crippen LogP) is 3.62. The number of nitrogens with one attached hydrogen (secondary N) is 1. The maximum atomic E-state index is 11.9. The number of amides is 1. The van der Waals surface area contributed by atoms with Gasteiger partial charge in [-0.05, 0) is 40.8 Å². The summed E-state index contributed by atoms with van der Waals surface area (Å²) in [6.45, 7) is 0. The molecular formula is C14H9ClIN3O3. The smallest absolute Gasteiger partial charge is 0.267 e. The third-order valence-corrected chi connectivity index (χ3v) is 3.96. The first kappa shape index (κ1) is 16.4. The molecule has 1 N–H and O–H groups in total. The lowest BCUT2D eigenvalue weighted by molar-refractivity contribution is -0.384. The largest absolute Gasteiger partial charge is 0.272 e. The number of nitro groups is 1. The van der Waals surface area contributed by atoms with Gasteiger partial charge in [-0.2, -0.15) is 5.10 Å². The van der Waals surface area contributed by atoms with Gasteiger partial charge in [0.2, 0.25) is 0 Å². The first-order chi connectivity index (χ1) is 10.5. The number of nitrogens with zero attached hydrogens (tertiary/aromatic N) is 2. The average Bonchev–Trinajstić information content (AvgIpc) is 2.49. The van der Waals surface area contributed by atoms with Crippen LogP contribution in [0.25, 0.3) is 0 Å². The molecule has 0 bridgehead atoms. The number of hydrazone groups is 1. The van der Waals surface area contributed by atoms with Gasteiger partial charge >= 0.3 is 0 Å². The minimum absolute atomic E-state index is 0.102. The fourth-order valence-corrected chi connectivity index (χ4v) is 2.41. The molecule has 0 unspecified atom stereocenters. The fraction of sp³-hybridized carbons (Fsp3) is 0. The van der Waals surface area contributed by atoms with E-state index in [0.29, 0.717) is 16.1 Å². The molecule has 2 rings (SSSR count). The number of carbonyl (C=O) groups excluding carboxylic acids is 1. The van der Waals surface area contributed by atoms with E-state index in [9.17, 15) is 14.9 Å². The van der Waals surface area contributed by atoms with Crippen LogP contribution in [0.3, 0.4) is 0 Å². The quantitative estimate of drug-likeness (QED) is 0.349. The zero-order valence-corrected chi connectivity index (χ0v) is 13.9. The van der Waals surface area contributed by atoms with E-state index in [-0.39, 0.29) is 11.6 Å². The van der Waals surface area contributed by atoms with E-state index in [0.717, 1.165) is 3.57 Å².